The Hall–Kier alpha value is -2.20. The van der Waals surface area contributed by atoms with Gasteiger partial charge in [0.2, 0.25) is 5.78 Å². The van der Waals surface area contributed by atoms with Crippen molar-refractivity contribution in [3.63, 3.8) is 0 Å². The number of rotatable bonds is 2. The van der Waals surface area contributed by atoms with Gasteiger partial charge in [0.1, 0.15) is 11.5 Å². The molecular formula is C16H12O3S. The van der Waals surface area contributed by atoms with Crippen LogP contribution in [0.1, 0.15) is 15.9 Å². The van der Waals surface area contributed by atoms with Crippen LogP contribution in [0.15, 0.2) is 52.3 Å². The molecule has 2 aromatic carbocycles. The summed E-state index contributed by atoms with van der Waals surface area (Å²) < 4.78 is 5.21. The van der Waals surface area contributed by atoms with Crippen LogP contribution < -0.4 is 4.74 Å². The summed E-state index contributed by atoms with van der Waals surface area (Å²) in [6.45, 7) is 0. The van der Waals surface area contributed by atoms with Crippen molar-refractivity contribution in [3.8, 4) is 11.5 Å². The number of methoxy groups -OCH3 is 1. The molecule has 1 heterocycles. The van der Waals surface area contributed by atoms with Crippen molar-refractivity contribution >= 4 is 23.6 Å². The lowest BCUT2D eigenvalue weighted by molar-refractivity contribution is 0.104. The molecular weight excluding hydrogens is 272 g/mol. The van der Waals surface area contributed by atoms with Crippen LogP contribution in [0, 0.1) is 0 Å². The number of phenolic OH excluding ortho intramolecular Hbond substituents is 1. The summed E-state index contributed by atoms with van der Waals surface area (Å²) in [6, 6.07) is 12.8. The topological polar surface area (TPSA) is 46.5 Å². The molecule has 0 unspecified atom stereocenters. The molecule has 0 spiro atoms. The highest BCUT2D eigenvalue weighted by atomic mass is 32.2. The van der Waals surface area contributed by atoms with E-state index in [1.165, 1.54) is 18.9 Å². The first-order valence-electron chi connectivity index (χ1n) is 6.10. The average Bonchev–Trinajstić information content (AvgIpc) is 2.79. The minimum atomic E-state index is -0.110. The number of carbonyl (C=O) groups excluding carboxylic acids is 1. The fraction of sp³-hybridized carbons (Fsp3) is 0.0625. The summed E-state index contributed by atoms with van der Waals surface area (Å²) >= 11 is 1.28. The summed E-state index contributed by atoms with van der Waals surface area (Å²) in [4.78, 5) is 13.6. The van der Waals surface area contributed by atoms with Gasteiger partial charge in [-0.1, -0.05) is 42.1 Å². The molecule has 0 atom stereocenters. The number of hydrogen-bond donors (Lipinski definition) is 1. The maximum absolute atomic E-state index is 12.5. The van der Waals surface area contributed by atoms with Crippen molar-refractivity contribution in [1.29, 1.82) is 0 Å². The Morgan fingerprint density at radius 2 is 1.90 bits per heavy atom. The number of Topliss-reactive ketones (excluding diaryl/α,β-unsaturated/α-hetero) is 1. The van der Waals surface area contributed by atoms with E-state index in [1.54, 1.807) is 12.1 Å². The second-order valence-corrected chi connectivity index (χ2v) is 5.39. The van der Waals surface area contributed by atoms with Crippen molar-refractivity contribution in [3.05, 3.63) is 58.5 Å². The van der Waals surface area contributed by atoms with Crippen molar-refractivity contribution in [2.24, 2.45) is 0 Å². The first-order chi connectivity index (χ1) is 9.70. The highest BCUT2D eigenvalue weighted by Gasteiger charge is 2.31. The lowest BCUT2D eigenvalue weighted by atomic mass is 10.1. The van der Waals surface area contributed by atoms with E-state index in [9.17, 15) is 9.90 Å². The predicted octanol–water partition coefficient (Wildman–Crippen LogP) is 3.73. The lowest BCUT2D eigenvalue weighted by Gasteiger charge is -2.05. The summed E-state index contributed by atoms with van der Waals surface area (Å²) in [6.07, 6.45) is 1.83. The number of ether oxygens (including phenoxy) is 1. The Bertz CT molecular complexity index is 705. The highest BCUT2D eigenvalue weighted by Crippen LogP contribution is 2.49. The van der Waals surface area contributed by atoms with Crippen LogP contribution >= 0.6 is 11.8 Å². The highest BCUT2D eigenvalue weighted by molar-refractivity contribution is 8.05. The van der Waals surface area contributed by atoms with Gasteiger partial charge in [0.15, 0.2) is 0 Å². The third-order valence-corrected chi connectivity index (χ3v) is 4.22. The quantitative estimate of drug-likeness (QED) is 0.854. The van der Waals surface area contributed by atoms with Gasteiger partial charge in [0, 0.05) is 0 Å². The number of fused-ring (bicyclic) bond motifs is 1. The Morgan fingerprint density at radius 1 is 1.15 bits per heavy atom. The number of thioether (sulfide) groups is 1. The van der Waals surface area contributed by atoms with Crippen LogP contribution in [0.5, 0.6) is 11.5 Å². The zero-order valence-corrected chi connectivity index (χ0v) is 11.6. The minimum Gasteiger partial charge on any atom is -0.507 e. The van der Waals surface area contributed by atoms with E-state index in [2.05, 4.69) is 0 Å². The van der Waals surface area contributed by atoms with E-state index in [4.69, 9.17) is 4.74 Å². The number of carbonyl (C=O) groups is 1. The summed E-state index contributed by atoms with van der Waals surface area (Å²) in [5.74, 6) is 0.490. The third kappa shape index (κ3) is 2.08. The molecule has 0 aliphatic carbocycles. The Morgan fingerprint density at radius 3 is 2.60 bits per heavy atom. The number of ketones is 1. The molecule has 100 valence electrons. The molecule has 0 saturated heterocycles. The SMILES string of the molecule is COc1ccc(O)c2c1C(=O)/C(=C/c1ccccc1)S2. The smallest absolute Gasteiger partial charge is 0.204 e. The number of phenols is 1. The Kier molecular flexibility index (Phi) is 3.24. The monoisotopic (exact) mass is 284 g/mol. The largest absolute Gasteiger partial charge is 0.507 e. The van der Waals surface area contributed by atoms with Gasteiger partial charge in [0.05, 0.1) is 22.5 Å². The predicted molar refractivity (Wildman–Crippen MR) is 79.3 cm³/mol. The Labute approximate surface area is 120 Å². The summed E-state index contributed by atoms with van der Waals surface area (Å²) in [5.41, 5.74) is 1.40. The summed E-state index contributed by atoms with van der Waals surface area (Å²) in [7, 11) is 1.52. The molecule has 3 nitrogen and oxygen atoms in total. The maximum atomic E-state index is 12.5. The maximum Gasteiger partial charge on any atom is 0.204 e. The van der Waals surface area contributed by atoms with Gasteiger partial charge in [-0.15, -0.1) is 0 Å². The first-order valence-corrected chi connectivity index (χ1v) is 6.91. The molecule has 1 N–H and O–H groups in total. The third-order valence-electron chi connectivity index (χ3n) is 3.08. The van der Waals surface area contributed by atoms with E-state index >= 15 is 0 Å². The van der Waals surface area contributed by atoms with Crippen molar-refractivity contribution in [2.45, 2.75) is 4.90 Å². The van der Waals surface area contributed by atoms with Crippen LogP contribution in [0.2, 0.25) is 0 Å². The van der Waals surface area contributed by atoms with Gasteiger partial charge < -0.3 is 9.84 Å². The van der Waals surface area contributed by atoms with E-state index < -0.39 is 0 Å². The molecule has 0 radical (unpaired) electrons. The van der Waals surface area contributed by atoms with E-state index in [-0.39, 0.29) is 11.5 Å². The molecule has 0 amide bonds. The van der Waals surface area contributed by atoms with Crippen LogP contribution in [-0.4, -0.2) is 18.0 Å². The van der Waals surface area contributed by atoms with Gasteiger partial charge in [-0.2, -0.15) is 0 Å². The molecule has 20 heavy (non-hydrogen) atoms. The van der Waals surface area contributed by atoms with Crippen LogP contribution in [0.4, 0.5) is 0 Å². The normalized spacial score (nSPS) is 15.4. The number of benzene rings is 2. The van der Waals surface area contributed by atoms with Gasteiger partial charge in [-0.05, 0) is 23.8 Å². The molecule has 0 fully saturated rings. The lowest BCUT2D eigenvalue weighted by Crippen LogP contribution is -1.98. The second kappa shape index (κ2) is 5.06. The van der Waals surface area contributed by atoms with Gasteiger partial charge in [-0.3, -0.25) is 4.79 Å². The van der Waals surface area contributed by atoms with E-state index in [0.29, 0.717) is 21.1 Å². The van der Waals surface area contributed by atoms with Crippen molar-refractivity contribution in [2.75, 3.05) is 7.11 Å². The zero-order valence-electron chi connectivity index (χ0n) is 10.8. The molecule has 0 saturated carbocycles. The molecule has 4 heteroatoms. The number of hydrogen-bond acceptors (Lipinski definition) is 4. The average molecular weight is 284 g/mol. The van der Waals surface area contributed by atoms with Crippen molar-refractivity contribution < 1.29 is 14.6 Å². The minimum absolute atomic E-state index is 0.107. The van der Waals surface area contributed by atoms with E-state index in [0.717, 1.165) is 5.56 Å². The molecule has 0 bridgehead atoms. The fourth-order valence-electron chi connectivity index (χ4n) is 2.12. The van der Waals surface area contributed by atoms with Crippen LogP contribution in [-0.2, 0) is 0 Å². The Balaban J connectivity index is 2.07. The molecule has 1 aliphatic rings. The fourth-order valence-corrected chi connectivity index (χ4v) is 3.19. The summed E-state index contributed by atoms with van der Waals surface area (Å²) in [5, 5.41) is 9.90. The van der Waals surface area contributed by atoms with E-state index in [1.807, 2.05) is 36.4 Å². The molecule has 1 aliphatic heterocycles. The van der Waals surface area contributed by atoms with Gasteiger partial charge >= 0.3 is 0 Å². The molecule has 3 rings (SSSR count). The number of aromatic hydroxyl groups is 1. The molecule has 2 aromatic rings. The van der Waals surface area contributed by atoms with Crippen LogP contribution in [0.3, 0.4) is 0 Å². The second-order valence-electron chi connectivity index (χ2n) is 4.34. The van der Waals surface area contributed by atoms with Gasteiger partial charge in [0.25, 0.3) is 0 Å². The van der Waals surface area contributed by atoms with Crippen LogP contribution in [0.25, 0.3) is 6.08 Å². The van der Waals surface area contributed by atoms with Crippen molar-refractivity contribution in [1.82, 2.24) is 0 Å². The standard InChI is InChI=1S/C16H12O3S/c1-19-12-8-7-11(17)16-14(12)15(18)13(20-16)9-10-5-3-2-4-6-10/h2-9,17H,1H3/b13-9-. The molecule has 0 aromatic heterocycles. The first kappa shape index (κ1) is 12.8. The van der Waals surface area contributed by atoms with Gasteiger partial charge in [-0.25, -0.2) is 0 Å². The number of allylic oxidation sites excluding steroid dienone is 1. The zero-order chi connectivity index (χ0) is 14.1.